The molecule has 2 aromatic heterocycles. The van der Waals surface area contributed by atoms with Crippen LogP contribution in [0.1, 0.15) is 17.5 Å². The average molecular weight is 387 g/mol. The summed E-state index contributed by atoms with van der Waals surface area (Å²) in [6.07, 6.45) is 5.81. The summed E-state index contributed by atoms with van der Waals surface area (Å²) in [5, 5.41) is 9.91. The third-order valence-corrected chi connectivity index (χ3v) is 5.56. The van der Waals surface area contributed by atoms with Crippen molar-refractivity contribution in [3.8, 4) is 11.4 Å². The second-order valence-electron chi connectivity index (χ2n) is 6.56. The van der Waals surface area contributed by atoms with Gasteiger partial charge in [0.1, 0.15) is 0 Å². The van der Waals surface area contributed by atoms with Crippen LogP contribution in [-0.4, -0.2) is 25.5 Å². The molecular formula is C23H22N4S. The smallest absolute Gasteiger partial charge is 0.191 e. The fourth-order valence-corrected chi connectivity index (χ4v) is 3.97. The summed E-state index contributed by atoms with van der Waals surface area (Å²) in [6, 6.07) is 25.0. The standard InChI is InChI=1S/C23H22N4S/c1-3-9-19(10-4-1)13-8-16-28-23-26-25-22(21-14-7-15-24-17-21)27(23)18-20-11-5-2-6-12-20/h1-7,9-12,14-15,17H,8,13,16,18H2. The van der Waals surface area contributed by atoms with Crippen LogP contribution in [0.15, 0.2) is 90.3 Å². The monoisotopic (exact) mass is 386 g/mol. The fourth-order valence-electron chi connectivity index (χ4n) is 3.10. The molecule has 0 aliphatic rings. The van der Waals surface area contributed by atoms with E-state index in [1.165, 1.54) is 11.1 Å². The Labute approximate surface area is 169 Å². The molecule has 4 rings (SSSR count). The van der Waals surface area contributed by atoms with Gasteiger partial charge in [0.05, 0.1) is 6.54 Å². The lowest BCUT2D eigenvalue weighted by Crippen LogP contribution is -2.04. The van der Waals surface area contributed by atoms with Crippen molar-refractivity contribution in [2.24, 2.45) is 0 Å². The fraction of sp³-hybridized carbons (Fsp3) is 0.174. The zero-order chi connectivity index (χ0) is 19.0. The quantitative estimate of drug-likeness (QED) is 0.312. The van der Waals surface area contributed by atoms with E-state index < -0.39 is 0 Å². The lowest BCUT2D eigenvalue weighted by molar-refractivity contribution is 0.713. The first kappa shape index (κ1) is 18.4. The molecule has 28 heavy (non-hydrogen) atoms. The Morgan fingerprint density at radius 1 is 0.786 bits per heavy atom. The first-order valence-corrected chi connectivity index (χ1v) is 10.4. The molecule has 0 bridgehead atoms. The van der Waals surface area contributed by atoms with E-state index in [0.29, 0.717) is 0 Å². The van der Waals surface area contributed by atoms with Crippen LogP contribution in [0.3, 0.4) is 0 Å². The normalized spacial score (nSPS) is 10.9. The lowest BCUT2D eigenvalue weighted by atomic mass is 10.1. The van der Waals surface area contributed by atoms with Crippen molar-refractivity contribution >= 4 is 11.8 Å². The predicted molar refractivity (Wildman–Crippen MR) is 114 cm³/mol. The maximum Gasteiger partial charge on any atom is 0.191 e. The van der Waals surface area contributed by atoms with Gasteiger partial charge in [0.2, 0.25) is 0 Å². The molecule has 4 nitrogen and oxygen atoms in total. The SMILES string of the molecule is c1ccc(CCCSc2nnc(-c3cccnc3)n2Cc2ccccc2)cc1. The van der Waals surface area contributed by atoms with Crippen LogP contribution in [0.25, 0.3) is 11.4 Å². The van der Waals surface area contributed by atoms with E-state index >= 15 is 0 Å². The zero-order valence-corrected chi connectivity index (χ0v) is 16.4. The van der Waals surface area contributed by atoms with Gasteiger partial charge in [-0.15, -0.1) is 10.2 Å². The molecule has 0 amide bonds. The van der Waals surface area contributed by atoms with Gasteiger partial charge in [-0.05, 0) is 36.1 Å². The van der Waals surface area contributed by atoms with E-state index in [0.717, 1.165) is 41.7 Å². The molecule has 0 unspecified atom stereocenters. The van der Waals surface area contributed by atoms with Gasteiger partial charge in [0.25, 0.3) is 0 Å². The van der Waals surface area contributed by atoms with E-state index in [4.69, 9.17) is 0 Å². The number of nitrogens with zero attached hydrogens (tertiary/aromatic N) is 4. The second-order valence-corrected chi connectivity index (χ2v) is 7.62. The Kier molecular flexibility index (Phi) is 6.15. The summed E-state index contributed by atoms with van der Waals surface area (Å²) in [6.45, 7) is 0.749. The van der Waals surface area contributed by atoms with Crippen LogP contribution in [0, 0.1) is 0 Å². The number of rotatable bonds is 8. The van der Waals surface area contributed by atoms with Crippen molar-refractivity contribution in [3.05, 3.63) is 96.3 Å². The Balaban J connectivity index is 1.50. The Hall–Kier alpha value is -2.92. The molecule has 4 aromatic rings. The van der Waals surface area contributed by atoms with Crippen molar-refractivity contribution in [2.75, 3.05) is 5.75 Å². The molecule has 140 valence electrons. The number of benzene rings is 2. The highest BCUT2D eigenvalue weighted by Gasteiger charge is 2.15. The summed E-state index contributed by atoms with van der Waals surface area (Å²) >= 11 is 1.77. The molecule has 0 aliphatic carbocycles. The minimum absolute atomic E-state index is 0.749. The maximum absolute atomic E-state index is 4.48. The molecule has 5 heteroatoms. The number of hydrogen-bond donors (Lipinski definition) is 0. The van der Waals surface area contributed by atoms with Crippen molar-refractivity contribution in [3.63, 3.8) is 0 Å². The molecular weight excluding hydrogens is 364 g/mol. The molecule has 0 atom stereocenters. The number of hydrogen-bond acceptors (Lipinski definition) is 4. The summed E-state index contributed by atoms with van der Waals surface area (Å²) in [5.74, 6) is 1.87. The summed E-state index contributed by atoms with van der Waals surface area (Å²) in [7, 11) is 0. The van der Waals surface area contributed by atoms with Gasteiger partial charge in [-0.3, -0.25) is 9.55 Å². The van der Waals surface area contributed by atoms with Gasteiger partial charge in [-0.25, -0.2) is 0 Å². The maximum atomic E-state index is 4.48. The molecule has 2 aromatic carbocycles. The molecule has 0 radical (unpaired) electrons. The van der Waals surface area contributed by atoms with Gasteiger partial charge in [0, 0.05) is 23.7 Å². The van der Waals surface area contributed by atoms with Crippen LogP contribution in [0.5, 0.6) is 0 Å². The van der Waals surface area contributed by atoms with Crippen molar-refractivity contribution < 1.29 is 0 Å². The molecule has 0 saturated carbocycles. The average Bonchev–Trinajstić information content (AvgIpc) is 3.16. The Morgan fingerprint density at radius 2 is 1.54 bits per heavy atom. The van der Waals surface area contributed by atoms with Crippen LogP contribution in [-0.2, 0) is 13.0 Å². The predicted octanol–water partition coefficient (Wildman–Crippen LogP) is 5.11. The summed E-state index contributed by atoms with van der Waals surface area (Å²) in [4.78, 5) is 4.24. The molecule has 0 fully saturated rings. The Bertz CT molecular complexity index is 985. The summed E-state index contributed by atoms with van der Waals surface area (Å²) < 4.78 is 2.19. The number of aromatic nitrogens is 4. The molecule has 0 saturated heterocycles. The lowest BCUT2D eigenvalue weighted by Gasteiger charge is -2.10. The number of pyridine rings is 1. The van der Waals surface area contributed by atoms with Crippen LogP contribution < -0.4 is 0 Å². The topological polar surface area (TPSA) is 43.6 Å². The van der Waals surface area contributed by atoms with Crippen molar-refractivity contribution in [1.82, 2.24) is 19.7 Å². The van der Waals surface area contributed by atoms with Crippen LogP contribution >= 0.6 is 11.8 Å². The first-order valence-electron chi connectivity index (χ1n) is 9.44. The molecule has 2 heterocycles. The van der Waals surface area contributed by atoms with E-state index in [1.807, 2.05) is 24.4 Å². The molecule has 0 aliphatic heterocycles. The van der Waals surface area contributed by atoms with Gasteiger partial charge >= 0.3 is 0 Å². The highest BCUT2D eigenvalue weighted by molar-refractivity contribution is 7.99. The van der Waals surface area contributed by atoms with E-state index in [-0.39, 0.29) is 0 Å². The first-order chi connectivity index (χ1) is 13.9. The number of thioether (sulfide) groups is 1. The number of aryl methyl sites for hydroxylation is 1. The second kappa shape index (κ2) is 9.33. The third-order valence-electron chi connectivity index (χ3n) is 4.50. The highest BCUT2D eigenvalue weighted by Crippen LogP contribution is 2.25. The highest BCUT2D eigenvalue weighted by atomic mass is 32.2. The van der Waals surface area contributed by atoms with Gasteiger partial charge < -0.3 is 0 Å². The van der Waals surface area contributed by atoms with E-state index in [2.05, 4.69) is 74.3 Å². The van der Waals surface area contributed by atoms with Gasteiger partial charge in [-0.1, -0.05) is 72.4 Å². The minimum atomic E-state index is 0.749. The van der Waals surface area contributed by atoms with E-state index in [9.17, 15) is 0 Å². The van der Waals surface area contributed by atoms with Gasteiger partial charge in [0.15, 0.2) is 11.0 Å². The molecule has 0 N–H and O–H groups in total. The third kappa shape index (κ3) is 4.67. The van der Waals surface area contributed by atoms with Gasteiger partial charge in [-0.2, -0.15) is 0 Å². The van der Waals surface area contributed by atoms with Crippen molar-refractivity contribution in [1.29, 1.82) is 0 Å². The largest absolute Gasteiger partial charge is 0.298 e. The zero-order valence-electron chi connectivity index (χ0n) is 15.6. The minimum Gasteiger partial charge on any atom is -0.298 e. The van der Waals surface area contributed by atoms with Crippen LogP contribution in [0.4, 0.5) is 0 Å². The molecule has 0 spiro atoms. The van der Waals surface area contributed by atoms with Crippen LogP contribution in [0.2, 0.25) is 0 Å². The van der Waals surface area contributed by atoms with Crippen molar-refractivity contribution in [2.45, 2.75) is 24.5 Å². The Morgan fingerprint density at radius 3 is 2.25 bits per heavy atom. The van der Waals surface area contributed by atoms with E-state index in [1.54, 1.807) is 18.0 Å². The summed E-state index contributed by atoms with van der Waals surface area (Å²) in [5.41, 5.74) is 3.60.